The lowest BCUT2D eigenvalue weighted by molar-refractivity contribution is 1.04. The number of unbranched alkanes of at least 4 members (excludes halogenated alkanes) is 1. The Hall–Kier alpha value is 0.220. The van der Waals surface area contributed by atoms with Gasteiger partial charge in [0.25, 0.3) is 0 Å². The summed E-state index contributed by atoms with van der Waals surface area (Å²) in [4.78, 5) is 0. The Kier molecular flexibility index (Phi) is 5.41. The van der Waals surface area contributed by atoms with Crippen LogP contribution in [0.3, 0.4) is 0 Å². The number of hydrogen-bond donors (Lipinski definition) is 0. The molecule has 0 aromatic heterocycles. The molecule has 0 aliphatic heterocycles. The molecule has 0 spiro atoms. The van der Waals surface area contributed by atoms with Gasteiger partial charge in [0.15, 0.2) is 0 Å². The van der Waals surface area contributed by atoms with E-state index in [4.69, 9.17) is 6.58 Å². The molecule has 0 heterocycles. The molecule has 0 saturated carbocycles. The first kappa shape index (κ1) is 6.22. The lowest BCUT2D eigenvalue weighted by Gasteiger charge is -1.79. The van der Waals surface area contributed by atoms with Gasteiger partial charge >= 0.3 is 0 Å². The minimum atomic E-state index is 0.964. The van der Waals surface area contributed by atoms with Crippen LogP contribution in [0.4, 0.5) is 0 Å². The minimum Gasteiger partial charge on any atom is -0.0878 e. The second-order valence-corrected chi connectivity index (χ2v) is 1.61. The third-order valence-electron chi connectivity index (χ3n) is 0.442. The molecule has 0 bridgehead atoms. The molecule has 0 atom stereocenters. The van der Waals surface area contributed by atoms with Crippen LogP contribution in [-0.4, -0.2) is 0 Å². The zero-order chi connectivity index (χ0) is 4.83. The molecule has 0 saturated heterocycles. The number of allylic oxidation sites excluding steroid dienone is 1. The molecule has 0 fully saturated rings. The summed E-state index contributed by atoms with van der Waals surface area (Å²) in [5.74, 6) is 0. The first-order valence-corrected chi connectivity index (χ1v) is 2.78. The molecular weight excluding hydrogens is 140 g/mol. The van der Waals surface area contributed by atoms with Crippen LogP contribution in [0.2, 0.25) is 0 Å². The largest absolute Gasteiger partial charge is 0.0878 e. The molecule has 0 N–H and O–H groups in total. The van der Waals surface area contributed by atoms with Crippen molar-refractivity contribution in [2.45, 2.75) is 12.8 Å². The predicted molar refractivity (Wildman–Crippen MR) is 31.3 cm³/mol. The van der Waals surface area contributed by atoms with Gasteiger partial charge in [-0.2, -0.15) is 0 Å². The second-order valence-electron chi connectivity index (χ2n) is 0.967. The molecule has 0 unspecified atom stereocenters. The fraction of sp³-hybridized carbons (Fsp3) is 0.400. The van der Waals surface area contributed by atoms with Crippen LogP contribution in [-0.2, 0) is 0 Å². The van der Waals surface area contributed by atoms with E-state index >= 15 is 0 Å². The van der Waals surface area contributed by atoms with E-state index in [2.05, 4.69) is 15.9 Å². The van der Waals surface area contributed by atoms with Crippen molar-refractivity contribution in [2.24, 2.45) is 0 Å². The van der Waals surface area contributed by atoms with E-state index in [1.54, 1.807) is 6.08 Å². The third-order valence-corrected chi connectivity index (χ3v) is 0.900. The molecule has 0 aromatic rings. The van der Waals surface area contributed by atoms with Crippen LogP contribution >= 0.6 is 15.9 Å². The summed E-state index contributed by atoms with van der Waals surface area (Å²) in [5, 5.41) is 1.91. The molecule has 1 heteroatoms. The molecule has 2 radical (unpaired) electrons. The van der Waals surface area contributed by atoms with Gasteiger partial charge in [-0.15, -0.1) is 0 Å². The maximum absolute atomic E-state index is 5.05. The standard InChI is InChI=1S/C5H7Br/c1-2-3-4-5-6/h1-2,5H,3-4H2. The van der Waals surface area contributed by atoms with Crippen molar-refractivity contribution < 1.29 is 0 Å². The summed E-state index contributed by atoms with van der Waals surface area (Å²) in [7, 11) is 0. The van der Waals surface area contributed by atoms with Gasteiger partial charge in [-0.1, -0.05) is 28.6 Å². The average Bonchev–Trinajstić information content (AvgIpc) is 1.61. The van der Waals surface area contributed by atoms with E-state index in [0.29, 0.717) is 0 Å². The highest BCUT2D eigenvalue weighted by Crippen LogP contribution is 1.98. The van der Waals surface area contributed by atoms with Crippen LogP contribution < -0.4 is 0 Å². The Morgan fingerprint density at radius 1 is 1.50 bits per heavy atom. The maximum Gasteiger partial charge on any atom is 0.0274 e. The minimum absolute atomic E-state index is 0.964. The molecule has 0 amide bonds. The Balaban J connectivity index is 2.49. The Labute approximate surface area is 47.4 Å². The van der Waals surface area contributed by atoms with Crippen molar-refractivity contribution in [1.82, 2.24) is 0 Å². The van der Waals surface area contributed by atoms with Gasteiger partial charge in [-0.3, -0.25) is 0 Å². The first-order chi connectivity index (χ1) is 2.91. The van der Waals surface area contributed by atoms with Gasteiger partial charge in [0, 0.05) is 5.33 Å². The van der Waals surface area contributed by atoms with Gasteiger partial charge in [-0.25, -0.2) is 0 Å². The van der Waals surface area contributed by atoms with E-state index in [-0.39, 0.29) is 0 Å². The maximum atomic E-state index is 5.05. The summed E-state index contributed by atoms with van der Waals surface area (Å²) in [5.41, 5.74) is 0. The molecule has 0 aromatic carbocycles. The van der Waals surface area contributed by atoms with Crippen LogP contribution in [0.25, 0.3) is 0 Å². The zero-order valence-corrected chi connectivity index (χ0v) is 5.11. The number of hydrogen-bond acceptors (Lipinski definition) is 0. The zero-order valence-electron chi connectivity index (χ0n) is 3.52. The van der Waals surface area contributed by atoms with Gasteiger partial charge < -0.3 is 0 Å². The van der Waals surface area contributed by atoms with Crippen molar-refractivity contribution in [3.8, 4) is 0 Å². The molecule has 0 aliphatic carbocycles. The summed E-state index contributed by atoms with van der Waals surface area (Å²) in [6, 6.07) is 0. The van der Waals surface area contributed by atoms with Gasteiger partial charge in [0.1, 0.15) is 0 Å². The lowest BCUT2D eigenvalue weighted by atomic mass is 10.3. The summed E-state index contributed by atoms with van der Waals surface area (Å²) in [6.45, 7) is 5.05. The van der Waals surface area contributed by atoms with Crippen molar-refractivity contribution in [3.05, 3.63) is 18.0 Å². The van der Waals surface area contributed by atoms with Crippen LogP contribution in [0, 0.1) is 11.9 Å². The fourth-order valence-electron chi connectivity index (χ4n) is 0.159. The van der Waals surface area contributed by atoms with Gasteiger partial charge in [0.05, 0.1) is 0 Å². The van der Waals surface area contributed by atoms with E-state index in [1.807, 2.05) is 5.33 Å². The third kappa shape index (κ3) is 4.22. The molecule has 0 nitrogen and oxygen atoms in total. The van der Waals surface area contributed by atoms with Crippen LogP contribution in [0.15, 0.2) is 6.08 Å². The first-order valence-electron chi connectivity index (χ1n) is 1.87. The van der Waals surface area contributed by atoms with Crippen molar-refractivity contribution in [3.63, 3.8) is 0 Å². The van der Waals surface area contributed by atoms with E-state index in [0.717, 1.165) is 12.8 Å². The van der Waals surface area contributed by atoms with Crippen molar-refractivity contribution in [1.29, 1.82) is 0 Å². The molecule has 34 valence electrons. The van der Waals surface area contributed by atoms with Crippen LogP contribution in [0.5, 0.6) is 0 Å². The average molecular weight is 147 g/mol. The van der Waals surface area contributed by atoms with Gasteiger partial charge in [-0.05, 0) is 12.8 Å². The monoisotopic (exact) mass is 146 g/mol. The molecule has 0 aliphatic rings. The predicted octanol–water partition coefficient (Wildman–Crippen LogP) is 2.31. The lowest BCUT2D eigenvalue weighted by Crippen LogP contribution is -1.60. The Morgan fingerprint density at radius 3 is 2.33 bits per heavy atom. The van der Waals surface area contributed by atoms with Crippen molar-refractivity contribution >= 4 is 15.9 Å². The van der Waals surface area contributed by atoms with E-state index in [9.17, 15) is 0 Å². The Morgan fingerprint density at radius 2 is 2.17 bits per heavy atom. The quantitative estimate of drug-likeness (QED) is 0.537. The molecule has 0 rings (SSSR count). The van der Waals surface area contributed by atoms with Crippen LogP contribution in [0.1, 0.15) is 12.8 Å². The number of rotatable bonds is 3. The highest BCUT2D eigenvalue weighted by Gasteiger charge is 1.73. The number of halogens is 1. The second kappa shape index (κ2) is 5.22. The molecule has 6 heavy (non-hydrogen) atoms. The fourth-order valence-corrected chi connectivity index (χ4v) is 0.424. The Bertz CT molecular complexity index is 32.9. The highest BCUT2D eigenvalue weighted by molar-refractivity contribution is 9.10. The summed E-state index contributed by atoms with van der Waals surface area (Å²) < 4.78 is 0. The van der Waals surface area contributed by atoms with E-state index in [1.165, 1.54) is 0 Å². The van der Waals surface area contributed by atoms with Gasteiger partial charge in [0.2, 0.25) is 0 Å². The SMILES string of the molecule is [CH]=CCC[CH]Br. The summed E-state index contributed by atoms with van der Waals surface area (Å²) in [6.07, 6.45) is 3.64. The smallest absolute Gasteiger partial charge is 0.0274 e. The molecular formula is C5H7Br. The van der Waals surface area contributed by atoms with E-state index < -0.39 is 0 Å². The highest BCUT2D eigenvalue weighted by atomic mass is 79.9. The normalized spacial score (nSPS) is 8.17. The van der Waals surface area contributed by atoms with Crippen molar-refractivity contribution in [2.75, 3.05) is 0 Å². The summed E-state index contributed by atoms with van der Waals surface area (Å²) >= 11 is 3.15. The topological polar surface area (TPSA) is 0 Å².